The summed E-state index contributed by atoms with van der Waals surface area (Å²) >= 11 is 0. The molecule has 74 heavy (non-hydrogen) atoms. The highest BCUT2D eigenvalue weighted by molar-refractivity contribution is 6.00. The van der Waals surface area contributed by atoms with Crippen molar-refractivity contribution in [3.05, 3.63) is 103 Å². The molecule has 1 aromatic rings. The lowest BCUT2D eigenvalue weighted by molar-refractivity contribution is -0.137. The van der Waals surface area contributed by atoms with Gasteiger partial charge >= 0.3 is 11.9 Å². The Morgan fingerprint density at radius 1 is 0.473 bits per heavy atom. The third-order valence-corrected chi connectivity index (χ3v) is 8.70. The molecular weight excluding hydrogens is 945 g/mol. The molecule has 14 nitrogen and oxygen atoms in total. The fourth-order valence-electron chi connectivity index (χ4n) is 3.73. The van der Waals surface area contributed by atoms with E-state index in [1.165, 1.54) is 50.3 Å². The first-order chi connectivity index (χ1) is 34.1. The molecule has 414 valence electrons. The van der Waals surface area contributed by atoms with Gasteiger partial charge in [0.2, 0.25) is 0 Å². The number of ether oxygens (including phenoxy) is 1. The van der Waals surface area contributed by atoms with Crippen molar-refractivity contribution in [1.82, 2.24) is 0 Å². The number of carbonyl (C=O) groups excluding carboxylic acids is 11. The monoisotopic (exact) mass is 1030 g/mol. The Morgan fingerprint density at radius 3 is 1.16 bits per heavy atom. The summed E-state index contributed by atoms with van der Waals surface area (Å²) in [4.78, 5) is 128. The number of benzene rings is 1. The van der Waals surface area contributed by atoms with Crippen molar-refractivity contribution < 1.29 is 67.4 Å². The number of allylic oxidation sites excluding steroid dienone is 8. The van der Waals surface area contributed by atoms with E-state index in [9.17, 15) is 57.5 Å². The quantitative estimate of drug-likeness (QED) is 0.0749. The molecule has 0 saturated carbocycles. The predicted octanol–water partition coefficient (Wildman–Crippen LogP) is 11.6. The molecule has 0 aliphatic rings. The summed E-state index contributed by atoms with van der Waals surface area (Å²) < 4.78 is 4.59. The Balaban J connectivity index is -0.000000183. The maximum atomic E-state index is 11.2. The maximum Gasteiger partial charge on any atom is 0.330 e. The first-order valence-corrected chi connectivity index (χ1v) is 24.9. The summed E-state index contributed by atoms with van der Waals surface area (Å²) in [6.07, 6.45) is 16.7. The highest BCUT2D eigenvalue weighted by Crippen LogP contribution is 2.04. The Kier molecular flexibility index (Phi) is 53.0. The lowest BCUT2D eigenvalue weighted by Crippen LogP contribution is -2.08. The first kappa shape index (κ1) is 78.7. The van der Waals surface area contributed by atoms with Gasteiger partial charge in [0.05, 0.1) is 6.61 Å². The molecule has 1 rings (SSSR count). The molecular formula is C60H90O14. The smallest absolute Gasteiger partial charge is 0.330 e. The largest absolute Gasteiger partial charge is 0.478 e. The van der Waals surface area contributed by atoms with Crippen molar-refractivity contribution in [3.63, 3.8) is 0 Å². The van der Waals surface area contributed by atoms with Crippen LogP contribution in [0.3, 0.4) is 0 Å². The Bertz CT molecular complexity index is 1950. The summed E-state index contributed by atoms with van der Waals surface area (Å²) in [5, 5.41) is 8.11. The zero-order valence-corrected chi connectivity index (χ0v) is 47.8. The first-order valence-electron chi connectivity index (χ1n) is 24.9. The zero-order valence-electron chi connectivity index (χ0n) is 47.8. The second-order valence-corrected chi connectivity index (χ2v) is 18.4. The fraction of sp³-hybridized carbons (Fsp3) is 0.500. The minimum atomic E-state index is -1.09. The molecule has 0 aliphatic heterocycles. The highest BCUT2D eigenvalue weighted by atomic mass is 16.5. The van der Waals surface area contributed by atoms with Crippen LogP contribution in [0.5, 0.6) is 0 Å². The topological polar surface area (TPSA) is 234 Å². The second kappa shape index (κ2) is 49.9. The zero-order chi connectivity index (χ0) is 59.1. The van der Waals surface area contributed by atoms with Crippen LogP contribution in [0.4, 0.5) is 0 Å². The number of rotatable bonds is 24. The summed E-state index contributed by atoms with van der Waals surface area (Å²) in [6, 6.07) is 9.83. The molecule has 1 aromatic carbocycles. The molecule has 1 N–H and O–H groups in total. The number of carbonyl (C=O) groups is 12. The van der Waals surface area contributed by atoms with E-state index in [1.807, 2.05) is 98.7 Å². The van der Waals surface area contributed by atoms with E-state index in [0.29, 0.717) is 25.9 Å². The number of esters is 1. The van der Waals surface area contributed by atoms with Crippen molar-refractivity contribution in [2.75, 3.05) is 6.61 Å². The van der Waals surface area contributed by atoms with Crippen molar-refractivity contribution in [2.45, 2.75) is 150 Å². The molecule has 0 heterocycles. The third-order valence-electron chi connectivity index (χ3n) is 8.70. The van der Waals surface area contributed by atoms with Gasteiger partial charge in [0, 0.05) is 72.8 Å². The molecule has 0 amide bonds. The van der Waals surface area contributed by atoms with E-state index in [2.05, 4.69) is 11.3 Å². The SMILES string of the molecule is C=CC(=O)C(C)C.CC(=O)/C=C/C(=O)C(C)C.CC(=O)CCC(=O)C(C)C.CC(C)C(=O)/C=C/c1ccccc1.CC(C)C(=O)/C=C\C(=O)O.CCCC(=O)/C=C\C(=O)C(C)C.CCOC(=O)/C=C/C(=O)C(C)C. The van der Waals surface area contributed by atoms with Gasteiger partial charge in [0.15, 0.2) is 46.3 Å². The number of carboxylic acids is 1. The number of ketones is 10. The minimum absolute atomic E-state index is 0.00444. The summed E-state index contributed by atoms with van der Waals surface area (Å²) in [7, 11) is 0. The lowest BCUT2D eigenvalue weighted by Gasteiger charge is -2.00. The van der Waals surface area contributed by atoms with Gasteiger partial charge in [-0.25, -0.2) is 9.59 Å². The van der Waals surface area contributed by atoms with Crippen molar-refractivity contribution in [1.29, 1.82) is 0 Å². The number of hydrogen-bond acceptors (Lipinski definition) is 13. The molecule has 0 bridgehead atoms. The molecule has 0 saturated heterocycles. The van der Waals surface area contributed by atoms with Crippen molar-refractivity contribution in [2.24, 2.45) is 41.4 Å². The van der Waals surface area contributed by atoms with Gasteiger partial charge in [-0.15, -0.1) is 0 Å². The molecule has 0 atom stereocenters. The lowest BCUT2D eigenvalue weighted by atomic mass is 10.0. The second-order valence-electron chi connectivity index (χ2n) is 18.4. The average Bonchev–Trinajstić information content (AvgIpc) is 3.32. The van der Waals surface area contributed by atoms with Crippen LogP contribution in [-0.4, -0.2) is 81.5 Å². The Labute approximate surface area is 443 Å². The third kappa shape index (κ3) is 59.6. The van der Waals surface area contributed by atoms with Crippen LogP contribution in [0.25, 0.3) is 6.08 Å². The Hall–Kier alpha value is -6.70. The van der Waals surface area contributed by atoms with Crippen LogP contribution < -0.4 is 0 Å². The van der Waals surface area contributed by atoms with Gasteiger partial charge in [0.25, 0.3) is 0 Å². The molecule has 0 aliphatic carbocycles. The summed E-state index contributed by atoms with van der Waals surface area (Å²) in [5.74, 6) is -1.26. The number of hydrogen-bond donors (Lipinski definition) is 1. The van der Waals surface area contributed by atoms with E-state index < -0.39 is 11.9 Å². The van der Waals surface area contributed by atoms with Gasteiger partial charge in [-0.05, 0) is 81.4 Å². The van der Waals surface area contributed by atoms with Gasteiger partial charge < -0.3 is 14.6 Å². The van der Waals surface area contributed by atoms with E-state index >= 15 is 0 Å². The van der Waals surface area contributed by atoms with Crippen LogP contribution in [-0.2, 0) is 62.3 Å². The Morgan fingerprint density at radius 2 is 0.851 bits per heavy atom. The molecule has 0 aromatic heterocycles. The predicted molar refractivity (Wildman–Crippen MR) is 296 cm³/mol. The van der Waals surface area contributed by atoms with E-state index in [0.717, 1.165) is 30.2 Å². The standard InChI is InChI=1S/C12H14O.C10H16O2.C9H14O3.C8H14O2.C8H12O2.C7H10O3.C6H10O/c1-10(2)12(13)9-8-11-6-4-3-5-7-11;1-4-5-9(11)6-7-10(12)8(2)3;1-4-12-9(11)6-5-8(10)7(2)3;2*1-6(2)8(10)5-4-7(3)9;1-5(2)6(8)3-4-7(9)10;1-4-6(7)5(2)3/h3-10H,1-2H3;6-8H,4-5H2,1-3H3;5-7H,4H2,1-3H3;6H,4-5H2,1-3H3;4-6H,1-3H3;3-5H,1-2H3,(H,9,10);4-5H,1H2,2-3H3/b9-8+;7-6-;6-5+;;5-4+;4-3-;. The van der Waals surface area contributed by atoms with E-state index in [4.69, 9.17) is 5.11 Å². The van der Waals surface area contributed by atoms with Crippen LogP contribution >= 0.6 is 0 Å². The highest BCUT2D eigenvalue weighted by Gasteiger charge is 2.08. The summed E-state index contributed by atoms with van der Waals surface area (Å²) in [5.41, 5.74) is 1.07. The van der Waals surface area contributed by atoms with Crippen LogP contribution in [0.1, 0.15) is 156 Å². The van der Waals surface area contributed by atoms with Gasteiger partial charge in [-0.2, -0.15) is 0 Å². The summed E-state index contributed by atoms with van der Waals surface area (Å²) in [6.45, 7) is 35.7. The maximum absolute atomic E-state index is 11.2. The molecule has 0 fully saturated rings. The van der Waals surface area contributed by atoms with Crippen LogP contribution in [0.15, 0.2) is 97.7 Å². The average molecular weight is 1040 g/mol. The van der Waals surface area contributed by atoms with E-state index in [-0.39, 0.29) is 99.3 Å². The van der Waals surface area contributed by atoms with E-state index in [1.54, 1.807) is 54.5 Å². The number of carboxylic acid groups (broad SMARTS) is 1. The van der Waals surface area contributed by atoms with Gasteiger partial charge in [0.1, 0.15) is 11.6 Å². The minimum Gasteiger partial charge on any atom is -0.478 e. The number of aliphatic carboxylic acids is 1. The molecule has 0 spiro atoms. The van der Waals surface area contributed by atoms with Gasteiger partial charge in [-0.3, -0.25) is 43.2 Å². The molecule has 14 heteroatoms. The van der Waals surface area contributed by atoms with Crippen LogP contribution in [0.2, 0.25) is 0 Å². The number of Topliss-reactive ketones (excluding diaryl/α,β-unsaturated/α-hetero) is 2. The fourth-order valence-corrected chi connectivity index (χ4v) is 3.73. The molecule has 0 unspecified atom stereocenters. The van der Waals surface area contributed by atoms with Crippen molar-refractivity contribution in [3.8, 4) is 0 Å². The van der Waals surface area contributed by atoms with Crippen molar-refractivity contribution >= 4 is 75.8 Å². The van der Waals surface area contributed by atoms with Gasteiger partial charge in [-0.1, -0.05) is 147 Å². The normalized spacial score (nSPS) is 10.6. The molecule has 0 radical (unpaired) electrons. The van der Waals surface area contributed by atoms with Crippen LogP contribution in [0, 0.1) is 41.4 Å².